The number of hydrogen-bond acceptors (Lipinski definition) is 4. The van der Waals surface area contributed by atoms with Gasteiger partial charge in [0.1, 0.15) is 6.10 Å². The van der Waals surface area contributed by atoms with Gasteiger partial charge in [-0.2, -0.15) is 0 Å². The van der Waals surface area contributed by atoms with Crippen molar-refractivity contribution in [1.82, 2.24) is 4.98 Å². The van der Waals surface area contributed by atoms with E-state index in [9.17, 15) is 9.90 Å². The van der Waals surface area contributed by atoms with Crippen molar-refractivity contribution in [2.45, 2.75) is 6.10 Å². The number of hydrogen-bond donors (Lipinski definition) is 1. The van der Waals surface area contributed by atoms with E-state index >= 15 is 0 Å². The van der Waals surface area contributed by atoms with Crippen LogP contribution in [0.2, 0.25) is 0 Å². The minimum absolute atomic E-state index is 0. The number of aliphatic hydroxyl groups excluding tert-OH is 1. The molecule has 12 heavy (non-hydrogen) atoms. The Kier molecular flexibility index (Phi) is 5.08. The molecule has 0 aliphatic carbocycles. The molecular formula is C7H6NNaO3. The first-order valence-electron chi connectivity index (χ1n) is 3.00. The van der Waals surface area contributed by atoms with Gasteiger partial charge in [-0.15, -0.1) is 0 Å². The Morgan fingerprint density at radius 2 is 2.33 bits per heavy atom. The summed E-state index contributed by atoms with van der Waals surface area (Å²) in [4.78, 5) is 13.7. The van der Waals surface area contributed by atoms with Crippen molar-refractivity contribution in [3.63, 3.8) is 0 Å². The summed E-state index contributed by atoms with van der Waals surface area (Å²) in [6, 6.07) is 3.01. The normalized spacial score (nSPS) is 11.4. The summed E-state index contributed by atoms with van der Waals surface area (Å²) >= 11 is 0. The summed E-state index contributed by atoms with van der Waals surface area (Å²) in [5.41, 5.74) is 0.229. The fraction of sp³-hybridized carbons (Fsp3) is 0.143. The molecule has 0 radical (unpaired) electrons. The molecule has 0 fully saturated rings. The Hall–Kier alpha value is -0.420. The van der Waals surface area contributed by atoms with Crippen molar-refractivity contribution in [3.05, 3.63) is 30.1 Å². The van der Waals surface area contributed by atoms with Gasteiger partial charge in [0.25, 0.3) is 0 Å². The fourth-order valence-electron chi connectivity index (χ4n) is 0.674. The Morgan fingerprint density at radius 3 is 2.75 bits per heavy atom. The van der Waals surface area contributed by atoms with E-state index < -0.39 is 12.1 Å². The standard InChI is InChI=1S/C7H7NO3.Na/c9-6(7(10)11)5-2-1-3-8-4-5;/h1-4,6,9H,(H,10,11);/q;+1/p-1. The topological polar surface area (TPSA) is 73.2 Å². The zero-order valence-electron chi connectivity index (χ0n) is 6.60. The van der Waals surface area contributed by atoms with Crippen LogP contribution in [0.15, 0.2) is 24.5 Å². The van der Waals surface area contributed by atoms with Crippen LogP contribution in [0, 0.1) is 0 Å². The number of aliphatic carboxylic acids is 1. The Labute approximate surface area is 91.5 Å². The van der Waals surface area contributed by atoms with Gasteiger partial charge in [-0.3, -0.25) is 4.98 Å². The molecule has 0 aliphatic rings. The zero-order valence-corrected chi connectivity index (χ0v) is 8.60. The van der Waals surface area contributed by atoms with Crippen molar-refractivity contribution in [1.29, 1.82) is 0 Å². The van der Waals surface area contributed by atoms with Crippen LogP contribution in [0.3, 0.4) is 0 Å². The van der Waals surface area contributed by atoms with E-state index in [4.69, 9.17) is 5.11 Å². The van der Waals surface area contributed by atoms with Crippen molar-refractivity contribution < 1.29 is 44.6 Å². The molecule has 1 atom stereocenters. The van der Waals surface area contributed by atoms with Crippen molar-refractivity contribution in [3.8, 4) is 0 Å². The predicted molar refractivity (Wildman–Crippen MR) is 34.2 cm³/mol. The summed E-state index contributed by atoms with van der Waals surface area (Å²) < 4.78 is 0. The van der Waals surface area contributed by atoms with Gasteiger partial charge in [0.2, 0.25) is 0 Å². The van der Waals surface area contributed by atoms with Crippen molar-refractivity contribution in [2.75, 3.05) is 0 Å². The van der Waals surface area contributed by atoms with Crippen LogP contribution >= 0.6 is 0 Å². The Bertz CT molecular complexity index is 252. The van der Waals surface area contributed by atoms with Crippen LogP contribution in [-0.2, 0) is 4.79 Å². The van der Waals surface area contributed by atoms with Gasteiger partial charge in [0, 0.05) is 18.0 Å². The molecule has 1 aromatic heterocycles. The molecule has 0 amide bonds. The molecule has 1 rings (SSSR count). The summed E-state index contributed by atoms with van der Waals surface area (Å²) in [7, 11) is 0. The third-order valence-corrected chi connectivity index (χ3v) is 1.22. The van der Waals surface area contributed by atoms with Gasteiger partial charge >= 0.3 is 29.6 Å². The molecule has 0 saturated heterocycles. The summed E-state index contributed by atoms with van der Waals surface area (Å²) in [5.74, 6) is -1.52. The van der Waals surface area contributed by atoms with Crippen LogP contribution in [0.25, 0.3) is 0 Å². The van der Waals surface area contributed by atoms with E-state index in [-0.39, 0.29) is 35.1 Å². The molecule has 1 unspecified atom stereocenters. The number of aliphatic hydroxyl groups is 1. The third kappa shape index (κ3) is 2.91. The molecule has 1 aromatic rings. The average Bonchev–Trinajstić information content (AvgIpc) is 2.05. The van der Waals surface area contributed by atoms with Crippen molar-refractivity contribution in [2.24, 2.45) is 0 Å². The van der Waals surface area contributed by atoms with E-state index in [1.165, 1.54) is 18.5 Å². The minimum atomic E-state index is -1.58. The van der Waals surface area contributed by atoms with Gasteiger partial charge in [0.05, 0.1) is 5.97 Å². The molecule has 0 aliphatic heterocycles. The molecule has 1 heterocycles. The predicted octanol–water partition coefficient (Wildman–Crippen LogP) is -4.13. The van der Waals surface area contributed by atoms with Crippen LogP contribution in [0.4, 0.5) is 0 Å². The van der Waals surface area contributed by atoms with Crippen LogP contribution < -0.4 is 34.7 Å². The number of carbonyl (C=O) groups excluding carboxylic acids is 1. The van der Waals surface area contributed by atoms with Gasteiger partial charge < -0.3 is 15.0 Å². The molecule has 0 aromatic carbocycles. The first kappa shape index (κ1) is 11.6. The zero-order chi connectivity index (χ0) is 8.27. The number of nitrogens with zero attached hydrogens (tertiary/aromatic N) is 1. The number of carboxylic acids is 1. The average molecular weight is 175 g/mol. The third-order valence-electron chi connectivity index (χ3n) is 1.22. The van der Waals surface area contributed by atoms with Crippen molar-refractivity contribution >= 4 is 5.97 Å². The summed E-state index contributed by atoms with van der Waals surface area (Å²) in [5, 5.41) is 19.0. The first-order chi connectivity index (χ1) is 5.22. The molecular weight excluding hydrogens is 169 g/mol. The maximum atomic E-state index is 10.1. The maximum absolute atomic E-state index is 10.1. The van der Waals surface area contributed by atoms with E-state index in [2.05, 4.69) is 4.98 Å². The van der Waals surface area contributed by atoms with Gasteiger partial charge in [-0.05, 0) is 6.07 Å². The molecule has 58 valence electrons. The van der Waals surface area contributed by atoms with Crippen LogP contribution in [0.1, 0.15) is 11.7 Å². The molecule has 0 saturated carbocycles. The minimum Gasteiger partial charge on any atom is -0.547 e. The van der Waals surface area contributed by atoms with E-state index in [1.54, 1.807) is 6.07 Å². The number of pyridine rings is 1. The molecule has 0 bridgehead atoms. The molecule has 5 heteroatoms. The second kappa shape index (κ2) is 5.27. The molecule has 4 nitrogen and oxygen atoms in total. The Balaban J connectivity index is 0.00000121. The maximum Gasteiger partial charge on any atom is 1.00 e. The van der Waals surface area contributed by atoms with E-state index in [0.29, 0.717) is 0 Å². The SMILES string of the molecule is O=C([O-])C(O)c1cccnc1.[Na+]. The van der Waals surface area contributed by atoms with Gasteiger partial charge in [-0.25, -0.2) is 0 Å². The van der Waals surface area contributed by atoms with Crippen LogP contribution in [0.5, 0.6) is 0 Å². The number of carbonyl (C=O) groups is 1. The summed E-state index contributed by atoms with van der Waals surface area (Å²) in [6.07, 6.45) is 1.19. The quantitative estimate of drug-likeness (QED) is 0.463. The van der Waals surface area contributed by atoms with Crippen LogP contribution in [-0.4, -0.2) is 16.1 Å². The number of aromatic nitrogens is 1. The number of carboxylic acid groups (broad SMARTS) is 1. The van der Waals surface area contributed by atoms with Gasteiger partial charge in [-0.1, -0.05) is 6.07 Å². The van der Waals surface area contributed by atoms with E-state index in [0.717, 1.165) is 0 Å². The first-order valence-corrected chi connectivity index (χ1v) is 3.00. The monoisotopic (exact) mass is 175 g/mol. The number of rotatable bonds is 2. The summed E-state index contributed by atoms with van der Waals surface area (Å²) in [6.45, 7) is 0. The molecule has 0 spiro atoms. The smallest absolute Gasteiger partial charge is 0.547 e. The van der Waals surface area contributed by atoms with Gasteiger partial charge in [0.15, 0.2) is 0 Å². The largest absolute Gasteiger partial charge is 1.00 e. The fourth-order valence-corrected chi connectivity index (χ4v) is 0.674. The van der Waals surface area contributed by atoms with E-state index in [1.807, 2.05) is 0 Å². The second-order valence-corrected chi connectivity index (χ2v) is 2.01. The molecule has 1 N–H and O–H groups in total. The Morgan fingerprint density at radius 1 is 1.67 bits per heavy atom. The second-order valence-electron chi connectivity index (χ2n) is 2.01.